The molecule has 0 aliphatic carbocycles. The van der Waals surface area contributed by atoms with Gasteiger partial charge in [0.1, 0.15) is 11.6 Å². The molecule has 0 atom stereocenters. The van der Waals surface area contributed by atoms with Crippen molar-refractivity contribution >= 4 is 20.9 Å². The maximum Gasteiger partial charge on any atom is 0.416 e. The van der Waals surface area contributed by atoms with Crippen molar-refractivity contribution in [3.05, 3.63) is 95.4 Å². The van der Waals surface area contributed by atoms with E-state index in [1.54, 1.807) is 19.4 Å². The quantitative estimate of drug-likeness (QED) is 0.309. The van der Waals surface area contributed by atoms with Crippen LogP contribution in [0, 0.1) is 5.82 Å². The number of ether oxygens (including phenoxy) is 1. The maximum atomic E-state index is 13.5. The van der Waals surface area contributed by atoms with Crippen molar-refractivity contribution in [2.45, 2.75) is 24.0 Å². The van der Waals surface area contributed by atoms with Crippen LogP contribution in [0.3, 0.4) is 0 Å². The molecule has 0 spiro atoms. The molecule has 0 saturated heterocycles. The number of benzene rings is 3. The number of H-pyrrole nitrogens is 1. The molecule has 0 fully saturated rings. The molecule has 0 bridgehead atoms. The Morgan fingerprint density at radius 2 is 1.74 bits per heavy atom. The summed E-state index contributed by atoms with van der Waals surface area (Å²) >= 11 is 0. The highest BCUT2D eigenvalue weighted by molar-refractivity contribution is 7.89. The lowest BCUT2D eigenvalue weighted by atomic mass is 10.1. The molecule has 0 radical (unpaired) electrons. The van der Waals surface area contributed by atoms with Crippen LogP contribution in [0.4, 0.5) is 17.6 Å². The zero-order valence-electron chi connectivity index (χ0n) is 18.6. The van der Waals surface area contributed by atoms with Gasteiger partial charge in [-0.15, -0.1) is 0 Å². The summed E-state index contributed by atoms with van der Waals surface area (Å²) in [4.78, 5) is 2.66. The van der Waals surface area contributed by atoms with Crippen LogP contribution in [-0.2, 0) is 29.2 Å². The SMILES string of the molecule is COc1ccc2[nH]cc(CCN(Cc3ccc(F)cc3)S(=O)(=O)c3cccc(C(F)(F)F)c3)c2c1. The number of hydrogen-bond acceptors (Lipinski definition) is 3. The molecule has 4 aromatic rings. The first-order chi connectivity index (χ1) is 16.6. The molecule has 1 aromatic heterocycles. The molecule has 0 saturated carbocycles. The molecule has 3 aromatic carbocycles. The van der Waals surface area contributed by atoms with E-state index in [1.165, 1.54) is 24.3 Å². The zero-order valence-corrected chi connectivity index (χ0v) is 19.5. The number of nitrogens with one attached hydrogen (secondary N) is 1. The minimum atomic E-state index is -4.68. The molecule has 10 heteroatoms. The van der Waals surface area contributed by atoms with Crippen molar-refractivity contribution in [3.8, 4) is 5.75 Å². The average molecular weight is 507 g/mol. The first kappa shape index (κ1) is 24.7. The van der Waals surface area contributed by atoms with Crippen molar-refractivity contribution in [1.82, 2.24) is 9.29 Å². The normalized spacial score (nSPS) is 12.4. The van der Waals surface area contributed by atoms with E-state index in [-0.39, 0.29) is 19.5 Å². The van der Waals surface area contributed by atoms with Gasteiger partial charge in [-0.3, -0.25) is 0 Å². The highest BCUT2D eigenvalue weighted by Gasteiger charge is 2.33. The number of rotatable bonds is 8. The maximum absolute atomic E-state index is 13.5. The number of aromatic amines is 1. The standard InChI is InChI=1S/C25H22F4N2O3S/c1-34-21-9-10-24-23(14-21)18(15-30-24)11-12-31(16-17-5-7-20(26)8-6-17)35(32,33)22-4-2-3-19(13-22)25(27,28)29/h2-10,13-15,30H,11-12,16H2,1H3. The highest BCUT2D eigenvalue weighted by Crippen LogP contribution is 2.32. The van der Waals surface area contributed by atoms with Crippen LogP contribution in [0.5, 0.6) is 5.75 Å². The summed E-state index contributed by atoms with van der Waals surface area (Å²) in [6.45, 7) is -0.148. The summed E-state index contributed by atoms with van der Waals surface area (Å²) in [5.74, 6) is 0.159. The van der Waals surface area contributed by atoms with E-state index < -0.39 is 32.5 Å². The first-order valence-electron chi connectivity index (χ1n) is 10.6. The van der Waals surface area contributed by atoms with Gasteiger partial charge in [-0.2, -0.15) is 17.5 Å². The van der Waals surface area contributed by atoms with Crippen LogP contribution in [0.25, 0.3) is 10.9 Å². The summed E-state index contributed by atoms with van der Waals surface area (Å²) < 4.78 is 86.4. The third-order valence-corrected chi connectivity index (χ3v) is 7.52. The zero-order chi connectivity index (χ0) is 25.2. The molecule has 5 nitrogen and oxygen atoms in total. The van der Waals surface area contributed by atoms with Gasteiger partial charge in [0.05, 0.1) is 17.6 Å². The summed E-state index contributed by atoms with van der Waals surface area (Å²) in [5.41, 5.74) is 1.11. The van der Waals surface area contributed by atoms with Gasteiger partial charge < -0.3 is 9.72 Å². The molecule has 1 heterocycles. The van der Waals surface area contributed by atoms with Gasteiger partial charge in [-0.1, -0.05) is 18.2 Å². The van der Waals surface area contributed by atoms with Gasteiger partial charge in [-0.25, -0.2) is 12.8 Å². The fourth-order valence-corrected chi connectivity index (χ4v) is 5.27. The fourth-order valence-electron chi connectivity index (χ4n) is 3.80. The minimum absolute atomic E-state index is 0.0138. The number of alkyl halides is 3. The lowest BCUT2D eigenvalue weighted by molar-refractivity contribution is -0.137. The molecule has 35 heavy (non-hydrogen) atoms. The summed E-state index contributed by atoms with van der Waals surface area (Å²) in [6.07, 6.45) is -2.64. The smallest absolute Gasteiger partial charge is 0.416 e. The van der Waals surface area contributed by atoms with E-state index in [0.29, 0.717) is 17.4 Å². The van der Waals surface area contributed by atoms with Crippen LogP contribution in [-0.4, -0.2) is 31.4 Å². The van der Waals surface area contributed by atoms with Gasteiger partial charge in [0.25, 0.3) is 0 Å². The van der Waals surface area contributed by atoms with E-state index in [4.69, 9.17) is 4.74 Å². The van der Waals surface area contributed by atoms with Gasteiger partial charge in [0.2, 0.25) is 10.0 Å². The third-order valence-electron chi connectivity index (χ3n) is 5.68. The van der Waals surface area contributed by atoms with E-state index in [0.717, 1.165) is 39.0 Å². The predicted molar refractivity (Wildman–Crippen MR) is 124 cm³/mol. The Labute approximate surface area is 200 Å². The van der Waals surface area contributed by atoms with E-state index in [1.807, 2.05) is 12.1 Å². The van der Waals surface area contributed by atoms with Crippen LogP contribution < -0.4 is 4.74 Å². The molecular formula is C25H22F4N2O3S. The summed E-state index contributed by atoms with van der Waals surface area (Å²) in [5, 5.41) is 0.850. The summed E-state index contributed by atoms with van der Waals surface area (Å²) in [6, 6.07) is 14.4. The number of sulfonamides is 1. The van der Waals surface area contributed by atoms with E-state index in [2.05, 4.69) is 4.98 Å². The number of aromatic nitrogens is 1. The molecule has 0 amide bonds. The van der Waals surface area contributed by atoms with Crippen molar-refractivity contribution in [1.29, 1.82) is 0 Å². The van der Waals surface area contributed by atoms with E-state index in [9.17, 15) is 26.0 Å². The first-order valence-corrected chi connectivity index (χ1v) is 12.1. The fraction of sp³-hybridized carbons (Fsp3) is 0.200. The third kappa shape index (κ3) is 5.49. The predicted octanol–water partition coefficient (Wildman–Crippen LogP) is 5.77. The van der Waals surface area contributed by atoms with Gasteiger partial charge in [0, 0.05) is 30.2 Å². The van der Waals surface area contributed by atoms with Crippen LogP contribution in [0.1, 0.15) is 16.7 Å². The number of methoxy groups -OCH3 is 1. The Morgan fingerprint density at radius 3 is 2.43 bits per heavy atom. The topological polar surface area (TPSA) is 62.4 Å². The van der Waals surface area contributed by atoms with Crippen LogP contribution in [0.15, 0.2) is 77.8 Å². The lowest BCUT2D eigenvalue weighted by Gasteiger charge is -2.23. The Bertz CT molecular complexity index is 1430. The van der Waals surface area contributed by atoms with Crippen molar-refractivity contribution < 1.29 is 30.7 Å². The Hall–Kier alpha value is -3.37. The number of halogens is 4. The second kappa shape index (κ2) is 9.71. The molecule has 0 aliphatic rings. The van der Waals surface area contributed by atoms with Crippen molar-refractivity contribution in [3.63, 3.8) is 0 Å². The Balaban J connectivity index is 1.68. The largest absolute Gasteiger partial charge is 0.497 e. The van der Waals surface area contributed by atoms with E-state index >= 15 is 0 Å². The van der Waals surface area contributed by atoms with Crippen LogP contribution >= 0.6 is 0 Å². The number of fused-ring (bicyclic) bond motifs is 1. The second-order valence-electron chi connectivity index (χ2n) is 7.97. The minimum Gasteiger partial charge on any atom is -0.497 e. The summed E-state index contributed by atoms with van der Waals surface area (Å²) in [7, 11) is -2.77. The molecule has 4 rings (SSSR count). The average Bonchev–Trinajstić information content (AvgIpc) is 3.24. The molecule has 0 unspecified atom stereocenters. The molecule has 0 aliphatic heterocycles. The highest BCUT2D eigenvalue weighted by atomic mass is 32.2. The lowest BCUT2D eigenvalue weighted by Crippen LogP contribution is -2.32. The molecular weight excluding hydrogens is 484 g/mol. The Morgan fingerprint density at radius 1 is 1.00 bits per heavy atom. The molecule has 184 valence electrons. The van der Waals surface area contributed by atoms with Crippen molar-refractivity contribution in [2.75, 3.05) is 13.7 Å². The molecule has 1 N–H and O–H groups in total. The van der Waals surface area contributed by atoms with Gasteiger partial charge in [0.15, 0.2) is 0 Å². The second-order valence-corrected chi connectivity index (χ2v) is 9.90. The number of nitrogens with zero attached hydrogens (tertiary/aromatic N) is 1. The van der Waals surface area contributed by atoms with Gasteiger partial charge in [-0.05, 0) is 66.1 Å². The monoisotopic (exact) mass is 506 g/mol. The van der Waals surface area contributed by atoms with Crippen LogP contribution in [0.2, 0.25) is 0 Å². The van der Waals surface area contributed by atoms with Crippen molar-refractivity contribution in [2.24, 2.45) is 0 Å². The van der Waals surface area contributed by atoms with Gasteiger partial charge >= 0.3 is 6.18 Å². The Kier molecular flexibility index (Phi) is 6.86. The number of hydrogen-bond donors (Lipinski definition) is 1.